The van der Waals surface area contributed by atoms with Gasteiger partial charge in [-0.25, -0.2) is 4.57 Å². The molecular formula is C53H104NO8P. The number of hydrogen-bond acceptors (Lipinski definition) is 8. The van der Waals surface area contributed by atoms with Crippen LogP contribution >= 0.6 is 7.82 Å². The Morgan fingerprint density at radius 2 is 0.810 bits per heavy atom. The first-order chi connectivity index (χ1) is 30.8. The van der Waals surface area contributed by atoms with Gasteiger partial charge in [-0.2, -0.15) is 0 Å². The molecule has 10 heteroatoms. The summed E-state index contributed by atoms with van der Waals surface area (Å²) in [4.78, 5) is 34.9. The van der Waals surface area contributed by atoms with E-state index in [1.165, 1.54) is 193 Å². The van der Waals surface area contributed by atoms with Gasteiger partial charge in [-0.3, -0.25) is 18.6 Å². The van der Waals surface area contributed by atoms with Crippen LogP contribution in [0.25, 0.3) is 0 Å². The van der Waals surface area contributed by atoms with Gasteiger partial charge in [0.1, 0.15) is 6.61 Å². The van der Waals surface area contributed by atoms with Crippen LogP contribution in [0.15, 0.2) is 12.2 Å². The molecule has 2 atom stereocenters. The fourth-order valence-electron chi connectivity index (χ4n) is 8.11. The Bertz CT molecular complexity index is 1040. The van der Waals surface area contributed by atoms with Crippen LogP contribution in [0.3, 0.4) is 0 Å². The van der Waals surface area contributed by atoms with Crippen LogP contribution in [-0.2, 0) is 32.7 Å². The average molecular weight is 914 g/mol. The van der Waals surface area contributed by atoms with Crippen molar-refractivity contribution >= 4 is 19.8 Å². The molecule has 0 spiro atoms. The summed E-state index contributed by atoms with van der Waals surface area (Å²) in [6.07, 6.45) is 55.9. The quantitative estimate of drug-likeness (QED) is 0.0265. The Kier molecular flexibility index (Phi) is 49.2. The van der Waals surface area contributed by atoms with Crippen LogP contribution in [0, 0.1) is 0 Å². The first-order valence-corrected chi connectivity index (χ1v) is 28.7. The lowest BCUT2D eigenvalue weighted by Crippen LogP contribution is -2.29. The summed E-state index contributed by atoms with van der Waals surface area (Å²) < 4.78 is 32.8. The van der Waals surface area contributed by atoms with Crippen LogP contribution in [0.2, 0.25) is 0 Å². The molecule has 0 heterocycles. The maximum absolute atomic E-state index is 12.5. The van der Waals surface area contributed by atoms with E-state index in [0.29, 0.717) is 6.42 Å². The van der Waals surface area contributed by atoms with E-state index in [1.54, 1.807) is 0 Å². The maximum Gasteiger partial charge on any atom is 0.472 e. The number of unbranched alkanes of at least 4 members (excludes halogenated alkanes) is 37. The lowest BCUT2D eigenvalue weighted by Gasteiger charge is -2.19. The highest BCUT2D eigenvalue weighted by molar-refractivity contribution is 7.47. The zero-order valence-electron chi connectivity index (χ0n) is 41.6. The second-order valence-electron chi connectivity index (χ2n) is 18.5. The molecule has 0 radical (unpaired) electrons. The standard InChI is InChI=1S/C53H104NO8P/c1-3-5-7-9-11-13-15-16-17-18-19-20-21-22-23-24-25-26-27-28-29-30-31-32-33-34-35-36-38-39-41-43-45-52(55)59-49-51(50-61-63(57,58)60-48-47-54)62-53(56)46-44-42-40-37-14-12-10-8-6-4-2/h8,10,51H,3-7,9,11-50,54H2,1-2H3,(H,57,58)/b10-8-. The monoisotopic (exact) mass is 914 g/mol. The Morgan fingerprint density at radius 3 is 1.19 bits per heavy atom. The van der Waals surface area contributed by atoms with Gasteiger partial charge in [0.2, 0.25) is 0 Å². The van der Waals surface area contributed by atoms with E-state index < -0.39 is 26.5 Å². The van der Waals surface area contributed by atoms with E-state index in [1.807, 2.05) is 0 Å². The third-order valence-electron chi connectivity index (χ3n) is 12.1. The second kappa shape index (κ2) is 50.2. The summed E-state index contributed by atoms with van der Waals surface area (Å²) in [7, 11) is -4.37. The van der Waals surface area contributed by atoms with Gasteiger partial charge in [0.25, 0.3) is 0 Å². The van der Waals surface area contributed by atoms with Gasteiger partial charge < -0.3 is 20.1 Å². The molecule has 0 bridgehead atoms. The van der Waals surface area contributed by atoms with Gasteiger partial charge in [0.05, 0.1) is 13.2 Å². The number of nitrogens with two attached hydrogens (primary N) is 1. The summed E-state index contributed by atoms with van der Waals surface area (Å²) in [6, 6.07) is 0. The SMILES string of the molecule is CCC/C=C\CCCCCCCC(=O)OC(COC(=O)CCCCCCCCCCCCCCCCCCCCCCCCCCCCCCCCCC)COP(=O)(O)OCCN. The summed E-state index contributed by atoms with van der Waals surface area (Å²) in [5.74, 6) is -0.827. The lowest BCUT2D eigenvalue weighted by atomic mass is 10.0. The molecule has 0 aromatic carbocycles. The molecular weight excluding hydrogens is 810 g/mol. The van der Waals surface area contributed by atoms with E-state index in [2.05, 4.69) is 26.0 Å². The van der Waals surface area contributed by atoms with Gasteiger partial charge in [-0.1, -0.05) is 251 Å². The Morgan fingerprint density at radius 1 is 0.460 bits per heavy atom. The van der Waals surface area contributed by atoms with E-state index in [-0.39, 0.29) is 38.6 Å². The van der Waals surface area contributed by atoms with Crippen molar-refractivity contribution in [2.75, 3.05) is 26.4 Å². The summed E-state index contributed by atoms with van der Waals surface area (Å²) in [5, 5.41) is 0. The van der Waals surface area contributed by atoms with Crippen molar-refractivity contribution in [3.8, 4) is 0 Å². The molecule has 0 amide bonds. The van der Waals surface area contributed by atoms with Gasteiger partial charge in [-0.05, 0) is 32.1 Å². The van der Waals surface area contributed by atoms with Crippen molar-refractivity contribution in [2.45, 2.75) is 290 Å². The highest BCUT2D eigenvalue weighted by Gasteiger charge is 2.26. The summed E-state index contributed by atoms with van der Waals surface area (Å²) >= 11 is 0. The average Bonchev–Trinajstić information content (AvgIpc) is 3.27. The van der Waals surface area contributed by atoms with E-state index in [4.69, 9.17) is 24.3 Å². The molecule has 0 aromatic rings. The number of hydrogen-bond donors (Lipinski definition) is 2. The van der Waals surface area contributed by atoms with Crippen molar-refractivity contribution in [1.29, 1.82) is 0 Å². The molecule has 3 N–H and O–H groups in total. The van der Waals surface area contributed by atoms with Crippen LogP contribution in [-0.4, -0.2) is 49.3 Å². The number of esters is 2. The molecule has 0 aromatic heterocycles. The maximum atomic E-state index is 12.5. The van der Waals surface area contributed by atoms with E-state index >= 15 is 0 Å². The third kappa shape index (κ3) is 50.0. The van der Waals surface area contributed by atoms with Crippen LogP contribution in [0.5, 0.6) is 0 Å². The van der Waals surface area contributed by atoms with Crippen LogP contribution in [0.1, 0.15) is 284 Å². The number of phosphoric ester groups is 1. The lowest BCUT2D eigenvalue weighted by molar-refractivity contribution is -0.161. The zero-order chi connectivity index (χ0) is 46.0. The van der Waals surface area contributed by atoms with Crippen LogP contribution in [0.4, 0.5) is 0 Å². The largest absolute Gasteiger partial charge is 0.472 e. The van der Waals surface area contributed by atoms with Gasteiger partial charge in [-0.15, -0.1) is 0 Å². The number of carbonyl (C=O) groups is 2. The predicted octanol–water partition coefficient (Wildman–Crippen LogP) is 16.5. The van der Waals surface area contributed by atoms with E-state index in [0.717, 1.165) is 57.8 Å². The molecule has 374 valence electrons. The Hall–Kier alpha value is -1.25. The molecule has 0 rings (SSSR count). The van der Waals surface area contributed by atoms with Gasteiger partial charge >= 0.3 is 19.8 Å². The molecule has 63 heavy (non-hydrogen) atoms. The van der Waals surface area contributed by atoms with Crippen molar-refractivity contribution in [3.63, 3.8) is 0 Å². The molecule has 0 aliphatic heterocycles. The van der Waals surface area contributed by atoms with Crippen molar-refractivity contribution < 1.29 is 37.6 Å². The molecule has 0 aliphatic carbocycles. The fourth-order valence-corrected chi connectivity index (χ4v) is 8.88. The van der Waals surface area contributed by atoms with Crippen LogP contribution < -0.4 is 5.73 Å². The second-order valence-corrected chi connectivity index (χ2v) is 19.9. The smallest absolute Gasteiger partial charge is 0.462 e. The molecule has 0 aliphatic rings. The summed E-state index contributed by atoms with van der Waals surface area (Å²) in [6.45, 7) is 3.70. The number of allylic oxidation sites excluding steroid dienone is 2. The minimum absolute atomic E-state index is 0.0548. The highest BCUT2D eigenvalue weighted by atomic mass is 31.2. The topological polar surface area (TPSA) is 134 Å². The minimum atomic E-state index is -4.37. The number of rotatable bonds is 52. The zero-order valence-corrected chi connectivity index (χ0v) is 42.5. The van der Waals surface area contributed by atoms with Gasteiger partial charge in [0, 0.05) is 19.4 Å². The first kappa shape index (κ1) is 61.8. The van der Waals surface area contributed by atoms with Crippen molar-refractivity contribution in [1.82, 2.24) is 0 Å². The predicted molar refractivity (Wildman–Crippen MR) is 266 cm³/mol. The minimum Gasteiger partial charge on any atom is -0.462 e. The Labute approximate surface area is 389 Å². The highest BCUT2D eigenvalue weighted by Crippen LogP contribution is 2.43. The molecule has 2 unspecified atom stereocenters. The number of ether oxygens (including phenoxy) is 2. The van der Waals surface area contributed by atoms with Gasteiger partial charge in [0.15, 0.2) is 6.10 Å². The third-order valence-corrected chi connectivity index (χ3v) is 13.1. The Balaban J connectivity index is 3.74. The fraction of sp³-hybridized carbons (Fsp3) is 0.925. The van der Waals surface area contributed by atoms with Crippen molar-refractivity contribution in [3.05, 3.63) is 12.2 Å². The number of carbonyl (C=O) groups excluding carboxylic acids is 2. The van der Waals surface area contributed by atoms with E-state index in [9.17, 15) is 19.0 Å². The molecule has 0 saturated heterocycles. The molecule has 0 saturated carbocycles. The summed E-state index contributed by atoms with van der Waals surface area (Å²) in [5.41, 5.74) is 5.35. The van der Waals surface area contributed by atoms with Crippen molar-refractivity contribution in [2.24, 2.45) is 5.73 Å². The normalized spacial score (nSPS) is 13.1. The first-order valence-electron chi connectivity index (χ1n) is 27.2. The number of phosphoric acid groups is 1. The molecule has 9 nitrogen and oxygen atoms in total. The molecule has 0 fully saturated rings.